The number of carbonyl (C=O) groups excluding carboxylic acids is 1. The van der Waals surface area contributed by atoms with E-state index in [1.54, 1.807) is 24.3 Å². The summed E-state index contributed by atoms with van der Waals surface area (Å²) in [6, 6.07) is 12.4. The molecule has 3 rings (SSSR count). The molecule has 0 heterocycles. The highest BCUT2D eigenvalue weighted by molar-refractivity contribution is 5.94. The van der Waals surface area contributed by atoms with Gasteiger partial charge in [0.15, 0.2) is 0 Å². The van der Waals surface area contributed by atoms with Crippen molar-refractivity contribution in [2.75, 3.05) is 0 Å². The van der Waals surface area contributed by atoms with Gasteiger partial charge in [-0.25, -0.2) is 4.39 Å². The van der Waals surface area contributed by atoms with Crippen LogP contribution in [0.4, 0.5) is 4.39 Å². The van der Waals surface area contributed by atoms with Gasteiger partial charge in [-0.3, -0.25) is 4.79 Å². The van der Waals surface area contributed by atoms with E-state index in [1.165, 1.54) is 17.2 Å². The Labute approximate surface area is 173 Å². The van der Waals surface area contributed by atoms with Gasteiger partial charge < -0.3 is 11.1 Å². The van der Waals surface area contributed by atoms with Crippen molar-refractivity contribution in [3.8, 4) is 11.1 Å². The van der Waals surface area contributed by atoms with Crippen molar-refractivity contribution in [3.63, 3.8) is 0 Å². The van der Waals surface area contributed by atoms with Gasteiger partial charge in [0, 0.05) is 23.7 Å². The van der Waals surface area contributed by atoms with Crippen LogP contribution >= 0.6 is 0 Å². The number of allylic oxidation sites excluding steroid dienone is 1. The summed E-state index contributed by atoms with van der Waals surface area (Å²) in [5.41, 5.74) is 10.6. The Morgan fingerprint density at radius 2 is 1.93 bits per heavy atom. The van der Waals surface area contributed by atoms with Gasteiger partial charge >= 0.3 is 0 Å². The van der Waals surface area contributed by atoms with E-state index in [1.807, 2.05) is 32.1 Å². The third-order valence-corrected chi connectivity index (χ3v) is 5.20. The lowest BCUT2D eigenvalue weighted by molar-refractivity contribution is 0.100. The smallest absolute Gasteiger partial charge is 0.248 e. The Hall–Kier alpha value is -2.72. The molecular formula is C25H31FN2O. The normalized spacial score (nSPS) is 15.7. The van der Waals surface area contributed by atoms with Crippen LogP contribution in [-0.2, 0) is 6.54 Å². The maximum Gasteiger partial charge on any atom is 0.248 e. The molecule has 3 N–H and O–H groups in total. The van der Waals surface area contributed by atoms with Crippen LogP contribution < -0.4 is 11.1 Å². The monoisotopic (exact) mass is 394 g/mol. The molecule has 0 aromatic heterocycles. The maximum absolute atomic E-state index is 14.6. The van der Waals surface area contributed by atoms with E-state index in [2.05, 4.69) is 18.8 Å². The van der Waals surface area contributed by atoms with Crippen molar-refractivity contribution in [1.29, 1.82) is 0 Å². The lowest BCUT2D eigenvalue weighted by Crippen LogP contribution is -2.26. The van der Waals surface area contributed by atoms with Gasteiger partial charge in [0.2, 0.25) is 5.91 Å². The average Bonchev–Trinajstić information content (AvgIpc) is 3.16. The molecule has 3 nitrogen and oxygen atoms in total. The van der Waals surface area contributed by atoms with E-state index in [0.29, 0.717) is 23.7 Å². The first kappa shape index (κ1) is 22.6. The molecular weight excluding hydrogens is 363 g/mol. The first-order valence-electron chi connectivity index (χ1n) is 10.3. The first-order chi connectivity index (χ1) is 14.0. The maximum atomic E-state index is 14.6. The molecule has 2 aromatic carbocycles. The standard InChI is InChI=1S/C23H25FN2O.C2H6/c1-3-15-11-21(12-16(15)4-2)26-14-20-9-8-18(13-22(20)24)17-6-5-7-19(10-17)23(25)27;1-2/h3,5-10,13,21,26H,1,4,11-12,14H2,2H3,(H2,25,27);1-2H3. The summed E-state index contributed by atoms with van der Waals surface area (Å²) in [5.74, 6) is -0.747. The second kappa shape index (κ2) is 10.7. The Morgan fingerprint density at radius 3 is 2.52 bits per heavy atom. The molecule has 29 heavy (non-hydrogen) atoms. The van der Waals surface area contributed by atoms with Gasteiger partial charge in [0.1, 0.15) is 5.82 Å². The molecule has 1 amide bonds. The molecule has 4 heteroatoms. The minimum Gasteiger partial charge on any atom is -0.366 e. The van der Waals surface area contributed by atoms with E-state index in [4.69, 9.17) is 5.73 Å². The van der Waals surface area contributed by atoms with Crippen LogP contribution in [0.25, 0.3) is 11.1 Å². The van der Waals surface area contributed by atoms with E-state index >= 15 is 0 Å². The van der Waals surface area contributed by atoms with Crippen molar-refractivity contribution in [2.24, 2.45) is 5.73 Å². The van der Waals surface area contributed by atoms with Crippen molar-refractivity contribution < 1.29 is 9.18 Å². The highest BCUT2D eigenvalue weighted by Gasteiger charge is 2.21. The van der Waals surface area contributed by atoms with Gasteiger partial charge in [-0.15, -0.1) is 0 Å². The quantitative estimate of drug-likeness (QED) is 0.627. The van der Waals surface area contributed by atoms with Gasteiger partial charge in [-0.2, -0.15) is 0 Å². The van der Waals surface area contributed by atoms with Crippen LogP contribution in [0, 0.1) is 5.82 Å². The fourth-order valence-corrected chi connectivity index (χ4v) is 3.63. The van der Waals surface area contributed by atoms with Crippen molar-refractivity contribution in [1.82, 2.24) is 5.32 Å². The van der Waals surface area contributed by atoms with Crippen molar-refractivity contribution >= 4 is 5.91 Å². The van der Waals surface area contributed by atoms with E-state index < -0.39 is 5.91 Å². The Kier molecular flexibility index (Phi) is 8.34. The molecule has 0 spiro atoms. The summed E-state index contributed by atoms with van der Waals surface area (Å²) in [6.07, 6.45) is 4.92. The lowest BCUT2D eigenvalue weighted by atomic mass is 10.0. The molecule has 1 atom stereocenters. The van der Waals surface area contributed by atoms with Gasteiger partial charge in [-0.05, 0) is 54.2 Å². The number of hydrogen-bond donors (Lipinski definition) is 2. The molecule has 0 saturated carbocycles. The fraction of sp³-hybridized carbons (Fsp3) is 0.320. The summed E-state index contributed by atoms with van der Waals surface area (Å²) in [4.78, 5) is 11.3. The second-order valence-electron chi connectivity index (χ2n) is 6.92. The highest BCUT2D eigenvalue weighted by Crippen LogP contribution is 2.30. The number of primary amides is 1. The van der Waals surface area contributed by atoms with Gasteiger partial charge in [0.05, 0.1) is 0 Å². The predicted octanol–water partition coefficient (Wildman–Crippen LogP) is 5.76. The van der Waals surface area contributed by atoms with E-state index in [9.17, 15) is 9.18 Å². The Bertz CT molecular complexity index is 901. The topological polar surface area (TPSA) is 55.1 Å². The van der Waals surface area contributed by atoms with Crippen LogP contribution in [0.3, 0.4) is 0 Å². The van der Waals surface area contributed by atoms with Gasteiger partial charge in [0.25, 0.3) is 0 Å². The Balaban J connectivity index is 0.00000145. The highest BCUT2D eigenvalue weighted by atomic mass is 19.1. The third-order valence-electron chi connectivity index (χ3n) is 5.20. The van der Waals surface area contributed by atoms with Crippen LogP contribution in [0.15, 0.2) is 66.3 Å². The molecule has 1 aliphatic rings. The number of nitrogens with one attached hydrogen (secondary N) is 1. The summed E-state index contributed by atoms with van der Waals surface area (Å²) in [6.45, 7) is 10.5. The van der Waals surface area contributed by atoms with E-state index in [-0.39, 0.29) is 5.82 Å². The minimum atomic E-state index is -0.492. The predicted molar refractivity (Wildman–Crippen MR) is 119 cm³/mol. The summed E-state index contributed by atoms with van der Waals surface area (Å²) in [5, 5.41) is 3.46. The molecule has 154 valence electrons. The number of hydrogen-bond acceptors (Lipinski definition) is 2. The molecule has 0 saturated heterocycles. The largest absolute Gasteiger partial charge is 0.366 e. The summed E-state index contributed by atoms with van der Waals surface area (Å²) in [7, 11) is 0. The number of halogens is 1. The summed E-state index contributed by atoms with van der Waals surface area (Å²) < 4.78 is 14.6. The molecule has 0 fully saturated rings. The molecule has 1 aliphatic carbocycles. The number of carbonyl (C=O) groups is 1. The van der Waals surface area contributed by atoms with Crippen LogP contribution in [0.1, 0.15) is 56.0 Å². The second-order valence-corrected chi connectivity index (χ2v) is 6.92. The minimum absolute atomic E-state index is 0.255. The first-order valence-corrected chi connectivity index (χ1v) is 10.3. The van der Waals surface area contributed by atoms with Crippen molar-refractivity contribution in [3.05, 3.63) is 83.2 Å². The molecule has 0 radical (unpaired) electrons. The van der Waals surface area contributed by atoms with E-state index in [0.717, 1.165) is 30.4 Å². The fourth-order valence-electron chi connectivity index (χ4n) is 3.63. The molecule has 0 aliphatic heterocycles. The Morgan fingerprint density at radius 1 is 1.21 bits per heavy atom. The van der Waals surface area contributed by atoms with Crippen LogP contribution in [-0.4, -0.2) is 11.9 Å². The van der Waals surface area contributed by atoms with Crippen molar-refractivity contribution in [2.45, 2.75) is 52.6 Å². The lowest BCUT2D eigenvalue weighted by Gasteiger charge is -2.14. The number of nitrogens with two attached hydrogens (primary N) is 1. The average molecular weight is 395 g/mol. The zero-order valence-corrected chi connectivity index (χ0v) is 17.6. The van der Waals surface area contributed by atoms with Crippen LogP contribution in [0.5, 0.6) is 0 Å². The molecule has 0 bridgehead atoms. The molecule has 1 unspecified atom stereocenters. The summed E-state index contributed by atoms with van der Waals surface area (Å²) >= 11 is 0. The zero-order valence-electron chi connectivity index (χ0n) is 17.6. The SMILES string of the molecule is C=CC1=C(CC)CC(NCc2ccc(-c3cccc(C(N)=O)c3)cc2F)C1.CC. The molecule has 2 aromatic rings. The number of benzene rings is 2. The number of rotatable bonds is 7. The van der Waals surface area contributed by atoms with Gasteiger partial charge in [-0.1, -0.05) is 63.3 Å². The number of amides is 1. The van der Waals surface area contributed by atoms with Crippen LogP contribution in [0.2, 0.25) is 0 Å². The third kappa shape index (κ3) is 5.64. The zero-order chi connectivity index (χ0) is 21.4.